The van der Waals surface area contributed by atoms with Crippen LogP contribution in [0.25, 0.3) is 0 Å². The molecule has 236 valence electrons. The van der Waals surface area contributed by atoms with Gasteiger partial charge >= 0.3 is 13.8 Å². The molecule has 1 aliphatic rings. The molecule has 1 aliphatic carbocycles. The molecular weight excluding hydrogens is 547 g/mol. The van der Waals surface area contributed by atoms with Gasteiger partial charge in [-0.3, -0.25) is 13.8 Å². The van der Waals surface area contributed by atoms with E-state index in [1.807, 2.05) is 0 Å². The zero-order chi connectivity index (χ0) is 30.0. The molecular formula is C27H51O12P. The van der Waals surface area contributed by atoms with Crippen molar-refractivity contribution >= 4 is 13.8 Å². The van der Waals surface area contributed by atoms with Gasteiger partial charge in [-0.25, -0.2) is 4.57 Å². The number of ether oxygens (including phenoxy) is 1. The molecule has 1 saturated carbocycles. The van der Waals surface area contributed by atoms with E-state index >= 15 is 0 Å². The minimum Gasteiger partial charge on any atom is -0.463 e. The number of carbonyl (C=O) groups is 1. The van der Waals surface area contributed by atoms with Gasteiger partial charge in [0, 0.05) is 6.42 Å². The lowest BCUT2D eigenvalue weighted by atomic mass is 9.85. The van der Waals surface area contributed by atoms with E-state index in [-0.39, 0.29) is 6.42 Å². The van der Waals surface area contributed by atoms with Gasteiger partial charge in [0.05, 0.1) is 6.61 Å². The zero-order valence-corrected chi connectivity index (χ0v) is 24.5. The summed E-state index contributed by atoms with van der Waals surface area (Å²) in [5.74, 6) is -0.514. The number of phosphoric acid groups is 1. The Labute approximate surface area is 237 Å². The molecule has 1 fully saturated rings. The van der Waals surface area contributed by atoms with E-state index in [0.29, 0.717) is 6.42 Å². The second-order valence-corrected chi connectivity index (χ2v) is 11.9. The van der Waals surface area contributed by atoms with E-state index in [0.717, 1.165) is 25.7 Å². The quantitative estimate of drug-likeness (QED) is 0.0415. The van der Waals surface area contributed by atoms with E-state index in [1.165, 1.54) is 51.4 Å². The van der Waals surface area contributed by atoms with Gasteiger partial charge in [-0.15, -0.1) is 0 Å². The summed E-state index contributed by atoms with van der Waals surface area (Å²) in [5.41, 5.74) is 0. The molecule has 0 aliphatic heterocycles. The predicted octanol–water partition coefficient (Wildman–Crippen LogP) is 2.25. The van der Waals surface area contributed by atoms with E-state index in [2.05, 4.69) is 28.1 Å². The molecule has 0 radical (unpaired) electrons. The van der Waals surface area contributed by atoms with Crippen molar-refractivity contribution in [1.29, 1.82) is 0 Å². The molecule has 12 nitrogen and oxygen atoms in total. The maximum Gasteiger partial charge on any atom is 0.472 e. The van der Waals surface area contributed by atoms with Crippen LogP contribution in [0.4, 0.5) is 0 Å². The minimum atomic E-state index is -4.98. The fraction of sp³-hybridized carbons (Fsp3) is 0.889. The number of phosphoric ester groups is 1. The lowest BCUT2D eigenvalue weighted by Gasteiger charge is -2.41. The molecule has 0 spiro atoms. The molecule has 0 saturated heterocycles. The number of aliphatic hydroxyl groups is 6. The Balaban J connectivity index is 2.08. The summed E-state index contributed by atoms with van der Waals surface area (Å²) in [5, 5.41) is 58.5. The van der Waals surface area contributed by atoms with Gasteiger partial charge in [-0.05, 0) is 32.1 Å². The summed E-state index contributed by atoms with van der Waals surface area (Å²) in [7, 11) is -4.98. The number of esters is 1. The highest BCUT2D eigenvalue weighted by atomic mass is 31.2. The summed E-state index contributed by atoms with van der Waals surface area (Å²) in [4.78, 5) is 21.7. The standard InChI is InChI=1S/C27H51O12P/c1-2-3-4-5-6-7-8-9-10-11-12-13-14-15-16-17-21(29)37-18-20(28)19-38-40(35,36)39-27-25(33)23(31)22(30)24(32)26(27)34/h6-7,20,22-28,30-34H,2-5,8-19H2,1H3,(H,35,36)/b7-6-/t20-,22?,23-,24+,25+,26+,27?/m0/s1. The summed E-state index contributed by atoms with van der Waals surface area (Å²) < 4.78 is 26.3. The summed E-state index contributed by atoms with van der Waals surface area (Å²) in [6.45, 7) is 0.956. The van der Waals surface area contributed by atoms with Crippen LogP contribution in [0.1, 0.15) is 96.8 Å². The Bertz CT molecular complexity index is 735. The average molecular weight is 599 g/mol. The van der Waals surface area contributed by atoms with Crippen LogP contribution in [0.2, 0.25) is 0 Å². The molecule has 3 unspecified atom stereocenters. The van der Waals surface area contributed by atoms with Gasteiger partial charge in [-0.2, -0.15) is 0 Å². The molecule has 8 atom stereocenters. The van der Waals surface area contributed by atoms with Crippen molar-refractivity contribution in [3.05, 3.63) is 12.2 Å². The number of carbonyl (C=O) groups excluding carboxylic acids is 1. The summed E-state index contributed by atoms with van der Waals surface area (Å²) in [6.07, 6.45) is 6.31. The van der Waals surface area contributed by atoms with Crippen LogP contribution in [0, 0.1) is 0 Å². The van der Waals surface area contributed by atoms with Crippen LogP contribution in [-0.2, 0) is 23.1 Å². The highest BCUT2D eigenvalue weighted by molar-refractivity contribution is 7.47. The highest BCUT2D eigenvalue weighted by Gasteiger charge is 2.51. The number of unbranched alkanes of at least 4 members (excludes halogenated alkanes) is 11. The van der Waals surface area contributed by atoms with E-state index in [4.69, 9.17) is 4.74 Å². The van der Waals surface area contributed by atoms with Crippen molar-refractivity contribution in [2.24, 2.45) is 0 Å². The monoisotopic (exact) mass is 598 g/mol. The molecule has 0 amide bonds. The summed E-state index contributed by atoms with van der Waals surface area (Å²) >= 11 is 0. The van der Waals surface area contributed by atoms with Crippen LogP contribution in [0.5, 0.6) is 0 Å². The molecule has 0 aromatic carbocycles. The lowest BCUT2D eigenvalue weighted by molar-refractivity contribution is -0.220. The third-order valence-corrected chi connectivity index (χ3v) is 7.82. The number of hydrogen-bond donors (Lipinski definition) is 7. The van der Waals surface area contributed by atoms with Crippen molar-refractivity contribution in [3.8, 4) is 0 Å². The van der Waals surface area contributed by atoms with Gasteiger partial charge in [0.25, 0.3) is 0 Å². The van der Waals surface area contributed by atoms with Gasteiger partial charge in [0.2, 0.25) is 0 Å². The predicted molar refractivity (Wildman–Crippen MR) is 147 cm³/mol. The normalized spacial score (nSPS) is 27.5. The first-order chi connectivity index (χ1) is 19.0. The Morgan fingerprint density at radius 3 is 1.77 bits per heavy atom. The number of aliphatic hydroxyl groups excluding tert-OH is 6. The number of rotatable bonds is 22. The summed E-state index contributed by atoms with van der Waals surface area (Å²) in [6, 6.07) is 0. The third-order valence-electron chi connectivity index (χ3n) is 6.84. The van der Waals surface area contributed by atoms with Crippen LogP contribution in [-0.4, -0.2) is 97.4 Å². The first-order valence-corrected chi connectivity index (χ1v) is 16.0. The third kappa shape index (κ3) is 15.3. The van der Waals surface area contributed by atoms with Gasteiger partial charge < -0.3 is 40.3 Å². The molecule has 13 heteroatoms. The van der Waals surface area contributed by atoms with Gasteiger partial charge in [0.1, 0.15) is 49.3 Å². The van der Waals surface area contributed by atoms with Crippen LogP contribution in [0.3, 0.4) is 0 Å². The second kappa shape index (κ2) is 20.9. The fourth-order valence-electron chi connectivity index (χ4n) is 4.34. The smallest absolute Gasteiger partial charge is 0.463 e. The largest absolute Gasteiger partial charge is 0.472 e. The molecule has 0 heterocycles. The van der Waals surface area contributed by atoms with Gasteiger partial charge in [-0.1, -0.05) is 70.4 Å². The Morgan fingerprint density at radius 2 is 1.23 bits per heavy atom. The number of hydrogen-bond acceptors (Lipinski definition) is 11. The van der Waals surface area contributed by atoms with E-state index < -0.39 is 69.7 Å². The Hall–Kier alpha value is -0.920. The Morgan fingerprint density at radius 1 is 0.750 bits per heavy atom. The average Bonchev–Trinajstić information content (AvgIpc) is 2.93. The molecule has 0 bridgehead atoms. The topological polar surface area (TPSA) is 203 Å². The van der Waals surface area contributed by atoms with Crippen LogP contribution >= 0.6 is 7.82 Å². The first-order valence-electron chi connectivity index (χ1n) is 14.5. The molecule has 0 aromatic rings. The molecule has 40 heavy (non-hydrogen) atoms. The fourth-order valence-corrected chi connectivity index (χ4v) is 5.31. The number of allylic oxidation sites excluding steroid dienone is 2. The maximum atomic E-state index is 12.1. The van der Waals surface area contributed by atoms with Crippen LogP contribution < -0.4 is 0 Å². The van der Waals surface area contributed by atoms with Crippen LogP contribution in [0.15, 0.2) is 12.2 Å². The minimum absolute atomic E-state index is 0.188. The SMILES string of the molecule is CCCCC/C=C\CCCCCCCCCCC(=O)OC[C@H](O)COP(=O)(O)OC1[C@H](O)[C@H](O)C(O)[C@H](O)[C@H]1O. The van der Waals surface area contributed by atoms with E-state index in [1.54, 1.807) is 0 Å². The van der Waals surface area contributed by atoms with Crippen molar-refractivity contribution in [3.63, 3.8) is 0 Å². The molecule has 7 N–H and O–H groups in total. The lowest BCUT2D eigenvalue weighted by Crippen LogP contribution is -2.64. The second-order valence-electron chi connectivity index (χ2n) is 10.5. The van der Waals surface area contributed by atoms with Gasteiger partial charge in [0.15, 0.2) is 0 Å². The van der Waals surface area contributed by atoms with E-state index in [9.17, 15) is 44.9 Å². The molecule has 1 rings (SSSR count). The highest BCUT2D eigenvalue weighted by Crippen LogP contribution is 2.47. The maximum absolute atomic E-state index is 12.1. The first kappa shape index (κ1) is 37.1. The van der Waals surface area contributed by atoms with Crippen molar-refractivity contribution in [1.82, 2.24) is 0 Å². The zero-order valence-electron chi connectivity index (χ0n) is 23.6. The van der Waals surface area contributed by atoms with Crippen molar-refractivity contribution in [2.45, 2.75) is 140 Å². The van der Waals surface area contributed by atoms with Crippen molar-refractivity contribution < 1.29 is 58.7 Å². The Kier molecular flexibility index (Phi) is 19.4. The van der Waals surface area contributed by atoms with Crippen molar-refractivity contribution in [2.75, 3.05) is 13.2 Å². The molecule has 0 aromatic heterocycles.